The zero-order valence-corrected chi connectivity index (χ0v) is 15.2. The highest BCUT2D eigenvalue weighted by Crippen LogP contribution is 2.41. The summed E-state index contributed by atoms with van der Waals surface area (Å²) in [6, 6.07) is 0. The van der Waals surface area contributed by atoms with Gasteiger partial charge in [0.2, 0.25) is 5.91 Å². The average Bonchev–Trinajstić information content (AvgIpc) is 2.52. The molecule has 3 rings (SSSR count). The Morgan fingerprint density at radius 3 is 2.25 bits per heavy atom. The molecule has 0 radical (unpaired) electrons. The van der Waals surface area contributed by atoms with Gasteiger partial charge in [0.05, 0.1) is 5.54 Å². The summed E-state index contributed by atoms with van der Waals surface area (Å²) in [6.45, 7) is 8.00. The first-order chi connectivity index (χ1) is 11.3. The van der Waals surface area contributed by atoms with E-state index < -0.39 is 5.60 Å². The van der Waals surface area contributed by atoms with Gasteiger partial charge < -0.3 is 14.5 Å². The van der Waals surface area contributed by atoms with Gasteiger partial charge in [-0.05, 0) is 59.3 Å². The van der Waals surface area contributed by atoms with Crippen molar-refractivity contribution < 1.29 is 14.3 Å². The van der Waals surface area contributed by atoms with Gasteiger partial charge in [0, 0.05) is 25.6 Å². The maximum atomic E-state index is 12.7. The molecule has 0 aromatic heterocycles. The molecule has 2 heterocycles. The first kappa shape index (κ1) is 17.3. The number of allylic oxidation sites excluding steroid dienone is 2. The molecule has 134 valence electrons. The van der Waals surface area contributed by atoms with E-state index in [1.807, 2.05) is 30.6 Å². The van der Waals surface area contributed by atoms with E-state index in [-0.39, 0.29) is 17.6 Å². The summed E-state index contributed by atoms with van der Waals surface area (Å²) in [5, 5.41) is 0. The van der Waals surface area contributed by atoms with Crippen LogP contribution >= 0.6 is 0 Å². The van der Waals surface area contributed by atoms with Crippen molar-refractivity contribution in [3.63, 3.8) is 0 Å². The number of amides is 2. The number of hydrogen-bond donors (Lipinski definition) is 0. The van der Waals surface area contributed by atoms with Crippen LogP contribution in [0.15, 0.2) is 12.2 Å². The molecule has 1 unspecified atom stereocenters. The summed E-state index contributed by atoms with van der Waals surface area (Å²) in [5.74, 6) is 0.463. The zero-order valence-electron chi connectivity index (χ0n) is 15.2. The lowest BCUT2D eigenvalue weighted by Crippen LogP contribution is -2.66. The maximum Gasteiger partial charge on any atom is 0.410 e. The number of carbonyl (C=O) groups excluding carboxylic acids is 2. The SMILES string of the molecule is CC(C)(C)OC(=O)N1CCC12CCN(C(=O)C1CC=CCC1)CC2. The highest BCUT2D eigenvalue weighted by molar-refractivity contribution is 5.79. The Bertz CT molecular complexity index is 527. The third-order valence-electron chi connectivity index (χ3n) is 5.61. The van der Waals surface area contributed by atoms with Crippen LogP contribution in [0.5, 0.6) is 0 Å². The minimum atomic E-state index is -0.459. The second-order valence-corrected chi connectivity index (χ2v) is 8.41. The van der Waals surface area contributed by atoms with Crippen LogP contribution in [0.3, 0.4) is 0 Å². The lowest BCUT2D eigenvalue weighted by Gasteiger charge is -2.56. The number of hydrogen-bond acceptors (Lipinski definition) is 3. The Labute approximate surface area is 145 Å². The lowest BCUT2D eigenvalue weighted by molar-refractivity contribution is -0.140. The first-order valence-corrected chi connectivity index (χ1v) is 9.25. The zero-order chi connectivity index (χ0) is 17.4. The van der Waals surface area contributed by atoms with Crippen molar-refractivity contribution in [2.75, 3.05) is 19.6 Å². The first-order valence-electron chi connectivity index (χ1n) is 9.25. The monoisotopic (exact) mass is 334 g/mol. The lowest BCUT2D eigenvalue weighted by atomic mass is 9.76. The van der Waals surface area contributed by atoms with Gasteiger partial charge in [-0.2, -0.15) is 0 Å². The summed E-state index contributed by atoms with van der Waals surface area (Å²) in [4.78, 5) is 29.0. The Morgan fingerprint density at radius 2 is 1.75 bits per heavy atom. The number of nitrogens with zero attached hydrogens (tertiary/aromatic N) is 2. The fourth-order valence-corrected chi connectivity index (χ4v) is 4.08. The van der Waals surface area contributed by atoms with Crippen LogP contribution in [0, 0.1) is 5.92 Å². The van der Waals surface area contributed by atoms with E-state index in [1.54, 1.807) is 0 Å². The summed E-state index contributed by atoms with van der Waals surface area (Å²) >= 11 is 0. The van der Waals surface area contributed by atoms with Crippen LogP contribution in [0.1, 0.15) is 59.3 Å². The van der Waals surface area contributed by atoms with Crippen molar-refractivity contribution in [1.29, 1.82) is 0 Å². The van der Waals surface area contributed by atoms with E-state index in [4.69, 9.17) is 4.74 Å². The molecule has 2 aliphatic heterocycles. The minimum absolute atomic E-state index is 0.0778. The molecule has 1 aliphatic carbocycles. The van der Waals surface area contributed by atoms with E-state index in [2.05, 4.69) is 12.2 Å². The highest BCUT2D eigenvalue weighted by atomic mass is 16.6. The normalized spacial score (nSPS) is 26.2. The van der Waals surface area contributed by atoms with Crippen molar-refractivity contribution >= 4 is 12.0 Å². The molecule has 0 aromatic carbocycles. The predicted octanol–water partition coefficient (Wildman–Crippen LogP) is 3.34. The molecule has 0 bridgehead atoms. The fourth-order valence-electron chi connectivity index (χ4n) is 4.08. The standard InChI is InChI=1S/C19H30N2O3/c1-18(2,3)24-17(23)21-14-11-19(21)9-12-20(13-10-19)16(22)15-7-5-4-6-8-15/h4-5,15H,6-14H2,1-3H3. The second-order valence-electron chi connectivity index (χ2n) is 8.41. The van der Waals surface area contributed by atoms with Crippen LogP contribution in [0.2, 0.25) is 0 Å². The number of ether oxygens (including phenoxy) is 1. The molecule has 0 aromatic rings. The third kappa shape index (κ3) is 3.45. The van der Waals surface area contributed by atoms with E-state index in [0.29, 0.717) is 5.91 Å². The van der Waals surface area contributed by atoms with Crippen molar-refractivity contribution in [2.45, 2.75) is 70.4 Å². The van der Waals surface area contributed by atoms with E-state index in [9.17, 15) is 9.59 Å². The largest absolute Gasteiger partial charge is 0.444 e. The molecule has 0 saturated carbocycles. The van der Waals surface area contributed by atoms with Crippen LogP contribution < -0.4 is 0 Å². The van der Waals surface area contributed by atoms with Gasteiger partial charge >= 0.3 is 6.09 Å². The molecule has 24 heavy (non-hydrogen) atoms. The third-order valence-corrected chi connectivity index (χ3v) is 5.61. The Kier molecular flexibility index (Phi) is 4.63. The van der Waals surface area contributed by atoms with Gasteiger partial charge in [-0.25, -0.2) is 4.79 Å². The quantitative estimate of drug-likeness (QED) is 0.691. The maximum absolute atomic E-state index is 12.7. The smallest absolute Gasteiger partial charge is 0.410 e. The number of likely N-dealkylation sites (tertiary alicyclic amines) is 2. The van der Waals surface area contributed by atoms with Gasteiger partial charge in [0.25, 0.3) is 0 Å². The Morgan fingerprint density at radius 1 is 1.08 bits per heavy atom. The molecule has 2 saturated heterocycles. The van der Waals surface area contributed by atoms with E-state index >= 15 is 0 Å². The van der Waals surface area contributed by atoms with Crippen LogP contribution in [-0.4, -0.2) is 52.6 Å². The molecule has 5 heteroatoms. The molecule has 2 amide bonds. The van der Waals surface area contributed by atoms with Gasteiger partial charge in [0.1, 0.15) is 5.60 Å². The topological polar surface area (TPSA) is 49.9 Å². The van der Waals surface area contributed by atoms with Crippen LogP contribution in [-0.2, 0) is 9.53 Å². The molecular weight excluding hydrogens is 304 g/mol. The Balaban J connectivity index is 1.55. The van der Waals surface area contributed by atoms with Crippen molar-refractivity contribution in [3.05, 3.63) is 12.2 Å². The Hall–Kier alpha value is -1.52. The summed E-state index contributed by atoms with van der Waals surface area (Å²) in [6.07, 6.45) is 9.74. The average molecular weight is 334 g/mol. The summed E-state index contributed by atoms with van der Waals surface area (Å²) in [5.41, 5.74) is -0.537. The second kappa shape index (κ2) is 6.41. The van der Waals surface area contributed by atoms with Crippen molar-refractivity contribution in [1.82, 2.24) is 9.80 Å². The number of rotatable bonds is 1. The fraction of sp³-hybridized carbons (Fsp3) is 0.789. The minimum Gasteiger partial charge on any atom is -0.444 e. The molecule has 1 atom stereocenters. The highest BCUT2D eigenvalue weighted by Gasteiger charge is 2.50. The van der Waals surface area contributed by atoms with Crippen molar-refractivity contribution in [2.24, 2.45) is 5.92 Å². The van der Waals surface area contributed by atoms with Crippen LogP contribution in [0.25, 0.3) is 0 Å². The van der Waals surface area contributed by atoms with Gasteiger partial charge in [0.15, 0.2) is 0 Å². The molecule has 1 spiro atoms. The molecule has 0 N–H and O–H groups in total. The molecule has 3 aliphatic rings. The van der Waals surface area contributed by atoms with Gasteiger partial charge in [-0.1, -0.05) is 12.2 Å². The van der Waals surface area contributed by atoms with Gasteiger partial charge in [-0.15, -0.1) is 0 Å². The summed E-state index contributed by atoms with van der Waals surface area (Å²) < 4.78 is 5.54. The molecule has 2 fully saturated rings. The van der Waals surface area contributed by atoms with Crippen LogP contribution in [0.4, 0.5) is 4.79 Å². The summed E-state index contributed by atoms with van der Waals surface area (Å²) in [7, 11) is 0. The van der Waals surface area contributed by atoms with Gasteiger partial charge in [-0.3, -0.25) is 4.79 Å². The van der Waals surface area contributed by atoms with E-state index in [0.717, 1.165) is 58.2 Å². The molecule has 5 nitrogen and oxygen atoms in total. The molecular formula is C19H30N2O3. The van der Waals surface area contributed by atoms with E-state index in [1.165, 1.54) is 0 Å². The predicted molar refractivity (Wildman–Crippen MR) is 92.6 cm³/mol. The number of piperidine rings is 1. The van der Waals surface area contributed by atoms with Crippen molar-refractivity contribution in [3.8, 4) is 0 Å². The number of carbonyl (C=O) groups is 2.